The number of halogens is 1. The molecule has 1 fully saturated rings. The van der Waals surface area contributed by atoms with E-state index in [1.165, 1.54) is 38.2 Å². The van der Waals surface area contributed by atoms with Crippen LogP contribution in [0, 0.1) is 5.82 Å². The first-order chi connectivity index (χ1) is 9.24. The SMILES string of the molecule is Nc1ccc(-c2cnc(C3CCCCC3)s2)c(F)c1. The smallest absolute Gasteiger partial charge is 0.133 e. The first kappa shape index (κ1) is 12.6. The van der Waals surface area contributed by atoms with Gasteiger partial charge in [0, 0.05) is 23.4 Å². The zero-order chi connectivity index (χ0) is 13.2. The van der Waals surface area contributed by atoms with E-state index in [4.69, 9.17) is 5.73 Å². The number of benzene rings is 1. The number of anilines is 1. The van der Waals surface area contributed by atoms with Crippen molar-refractivity contribution in [1.82, 2.24) is 4.98 Å². The van der Waals surface area contributed by atoms with Crippen molar-refractivity contribution in [3.63, 3.8) is 0 Å². The molecule has 0 atom stereocenters. The van der Waals surface area contributed by atoms with Crippen LogP contribution in [0.15, 0.2) is 24.4 Å². The van der Waals surface area contributed by atoms with E-state index in [-0.39, 0.29) is 5.82 Å². The molecule has 1 saturated carbocycles. The van der Waals surface area contributed by atoms with E-state index in [1.807, 2.05) is 0 Å². The van der Waals surface area contributed by atoms with Crippen molar-refractivity contribution >= 4 is 17.0 Å². The Morgan fingerprint density at radius 3 is 2.74 bits per heavy atom. The van der Waals surface area contributed by atoms with Crippen LogP contribution in [0.5, 0.6) is 0 Å². The Labute approximate surface area is 116 Å². The van der Waals surface area contributed by atoms with Gasteiger partial charge in [0.2, 0.25) is 0 Å². The summed E-state index contributed by atoms with van der Waals surface area (Å²) in [6, 6.07) is 4.84. The van der Waals surface area contributed by atoms with E-state index in [2.05, 4.69) is 4.98 Å². The maximum atomic E-state index is 13.9. The van der Waals surface area contributed by atoms with E-state index < -0.39 is 0 Å². The van der Waals surface area contributed by atoms with E-state index in [0.717, 1.165) is 9.88 Å². The maximum Gasteiger partial charge on any atom is 0.133 e. The summed E-state index contributed by atoms with van der Waals surface area (Å²) in [6.45, 7) is 0. The molecule has 0 bridgehead atoms. The number of nitrogen functional groups attached to an aromatic ring is 1. The molecule has 0 aliphatic heterocycles. The minimum absolute atomic E-state index is 0.265. The summed E-state index contributed by atoms with van der Waals surface area (Å²) in [5.41, 5.74) is 6.64. The normalized spacial score (nSPS) is 16.7. The fourth-order valence-electron chi connectivity index (χ4n) is 2.68. The molecule has 2 aromatic rings. The van der Waals surface area contributed by atoms with Crippen LogP contribution >= 0.6 is 11.3 Å². The largest absolute Gasteiger partial charge is 0.399 e. The number of hydrogen-bond acceptors (Lipinski definition) is 3. The Morgan fingerprint density at radius 1 is 1.21 bits per heavy atom. The van der Waals surface area contributed by atoms with Gasteiger partial charge in [-0.05, 0) is 31.0 Å². The Bertz CT molecular complexity index is 573. The summed E-state index contributed by atoms with van der Waals surface area (Å²) < 4.78 is 13.9. The lowest BCUT2D eigenvalue weighted by molar-refractivity contribution is 0.442. The Balaban J connectivity index is 1.87. The van der Waals surface area contributed by atoms with Gasteiger partial charge >= 0.3 is 0 Å². The molecule has 2 nitrogen and oxygen atoms in total. The Morgan fingerprint density at radius 2 is 2.00 bits per heavy atom. The van der Waals surface area contributed by atoms with Gasteiger partial charge in [0.05, 0.1) is 9.88 Å². The molecule has 1 aliphatic rings. The lowest BCUT2D eigenvalue weighted by Crippen LogP contribution is -2.03. The fourth-order valence-corrected chi connectivity index (χ4v) is 3.80. The zero-order valence-corrected chi connectivity index (χ0v) is 11.5. The average molecular weight is 276 g/mol. The van der Waals surface area contributed by atoms with Gasteiger partial charge in [0.15, 0.2) is 0 Å². The molecule has 1 heterocycles. The lowest BCUT2D eigenvalue weighted by atomic mass is 9.90. The summed E-state index contributed by atoms with van der Waals surface area (Å²) >= 11 is 1.62. The highest BCUT2D eigenvalue weighted by Crippen LogP contribution is 2.38. The highest BCUT2D eigenvalue weighted by molar-refractivity contribution is 7.15. The van der Waals surface area contributed by atoms with Crippen molar-refractivity contribution in [2.45, 2.75) is 38.0 Å². The lowest BCUT2D eigenvalue weighted by Gasteiger charge is -2.18. The molecule has 0 radical (unpaired) electrons. The second-order valence-electron chi connectivity index (χ2n) is 5.14. The van der Waals surface area contributed by atoms with Gasteiger partial charge in [0.25, 0.3) is 0 Å². The van der Waals surface area contributed by atoms with Crippen LogP contribution in [-0.2, 0) is 0 Å². The number of thiazole rings is 1. The number of rotatable bonds is 2. The van der Waals surface area contributed by atoms with E-state index in [1.54, 1.807) is 29.7 Å². The molecular weight excluding hydrogens is 259 g/mol. The summed E-state index contributed by atoms with van der Waals surface area (Å²) in [5, 5.41) is 1.16. The van der Waals surface area contributed by atoms with Crippen molar-refractivity contribution < 1.29 is 4.39 Å². The molecule has 100 valence electrons. The van der Waals surface area contributed by atoms with Crippen LogP contribution in [0.4, 0.5) is 10.1 Å². The molecule has 4 heteroatoms. The van der Waals surface area contributed by atoms with Crippen LogP contribution in [0.2, 0.25) is 0 Å². The minimum atomic E-state index is -0.265. The van der Waals surface area contributed by atoms with Gasteiger partial charge in [-0.25, -0.2) is 9.37 Å². The zero-order valence-electron chi connectivity index (χ0n) is 10.7. The number of nitrogens with zero attached hydrogens (tertiary/aromatic N) is 1. The molecule has 0 saturated heterocycles. The van der Waals surface area contributed by atoms with Gasteiger partial charge < -0.3 is 5.73 Å². The monoisotopic (exact) mass is 276 g/mol. The third-order valence-electron chi connectivity index (χ3n) is 3.74. The van der Waals surface area contributed by atoms with Crippen LogP contribution in [0.3, 0.4) is 0 Å². The number of aromatic nitrogens is 1. The second-order valence-corrected chi connectivity index (χ2v) is 6.20. The molecule has 3 rings (SSSR count). The molecule has 2 N–H and O–H groups in total. The van der Waals surface area contributed by atoms with Gasteiger partial charge in [-0.1, -0.05) is 19.3 Å². The van der Waals surface area contributed by atoms with Crippen molar-refractivity contribution in [1.29, 1.82) is 0 Å². The first-order valence-electron chi connectivity index (χ1n) is 6.75. The highest BCUT2D eigenvalue weighted by atomic mass is 32.1. The fraction of sp³-hybridized carbons (Fsp3) is 0.400. The van der Waals surface area contributed by atoms with Crippen molar-refractivity contribution in [3.8, 4) is 10.4 Å². The van der Waals surface area contributed by atoms with Crippen molar-refractivity contribution in [2.75, 3.05) is 5.73 Å². The Hall–Kier alpha value is -1.42. The molecule has 1 aliphatic carbocycles. The topological polar surface area (TPSA) is 38.9 Å². The summed E-state index contributed by atoms with van der Waals surface area (Å²) in [6.07, 6.45) is 8.14. The van der Waals surface area contributed by atoms with Gasteiger partial charge in [0.1, 0.15) is 5.82 Å². The molecule has 0 spiro atoms. The van der Waals surface area contributed by atoms with Crippen LogP contribution in [0.1, 0.15) is 43.0 Å². The van der Waals surface area contributed by atoms with Crippen LogP contribution in [-0.4, -0.2) is 4.98 Å². The van der Waals surface area contributed by atoms with Gasteiger partial charge in [-0.15, -0.1) is 11.3 Å². The minimum Gasteiger partial charge on any atom is -0.399 e. The van der Waals surface area contributed by atoms with E-state index in [9.17, 15) is 4.39 Å². The van der Waals surface area contributed by atoms with E-state index >= 15 is 0 Å². The maximum absolute atomic E-state index is 13.9. The van der Waals surface area contributed by atoms with Crippen LogP contribution in [0.25, 0.3) is 10.4 Å². The molecule has 1 aromatic heterocycles. The molecule has 1 aromatic carbocycles. The Kier molecular flexibility index (Phi) is 3.51. The van der Waals surface area contributed by atoms with Gasteiger partial charge in [-0.3, -0.25) is 0 Å². The molecular formula is C15H17FN2S. The second kappa shape index (κ2) is 5.29. The summed E-state index contributed by atoms with van der Waals surface area (Å²) in [7, 11) is 0. The number of hydrogen-bond donors (Lipinski definition) is 1. The third-order valence-corrected chi connectivity index (χ3v) is 4.93. The van der Waals surface area contributed by atoms with Crippen LogP contribution < -0.4 is 5.73 Å². The summed E-state index contributed by atoms with van der Waals surface area (Å²) in [4.78, 5) is 5.40. The number of nitrogens with two attached hydrogens (primary N) is 1. The molecule has 19 heavy (non-hydrogen) atoms. The van der Waals surface area contributed by atoms with Crippen molar-refractivity contribution in [3.05, 3.63) is 35.2 Å². The third kappa shape index (κ3) is 2.63. The van der Waals surface area contributed by atoms with E-state index in [0.29, 0.717) is 17.2 Å². The summed E-state index contributed by atoms with van der Waals surface area (Å²) in [5.74, 6) is 0.309. The molecule has 0 amide bonds. The predicted molar refractivity (Wildman–Crippen MR) is 77.7 cm³/mol. The predicted octanol–water partition coefficient (Wildman–Crippen LogP) is 4.58. The highest BCUT2D eigenvalue weighted by Gasteiger charge is 2.19. The quantitative estimate of drug-likeness (QED) is 0.815. The van der Waals surface area contributed by atoms with Crippen molar-refractivity contribution in [2.24, 2.45) is 0 Å². The van der Waals surface area contributed by atoms with Gasteiger partial charge in [-0.2, -0.15) is 0 Å². The average Bonchev–Trinajstić information content (AvgIpc) is 2.89. The molecule has 0 unspecified atom stereocenters. The standard InChI is InChI=1S/C15H17FN2S/c16-13-8-11(17)6-7-12(13)14-9-18-15(19-14)10-4-2-1-3-5-10/h6-10H,1-5,17H2. The first-order valence-corrected chi connectivity index (χ1v) is 7.57.